The van der Waals surface area contributed by atoms with E-state index in [1.807, 2.05) is 56.3 Å². The van der Waals surface area contributed by atoms with Crippen molar-refractivity contribution >= 4 is 33.4 Å². The number of rotatable bonds is 3. The molecule has 1 aliphatic heterocycles. The fourth-order valence-electron chi connectivity index (χ4n) is 3.11. The van der Waals surface area contributed by atoms with Gasteiger partial charge in [-0.2, -0.15) is 0 Å². The average molecular weight is 372 g/mol. The van der Waals surface area contributed by atoms with Gasteiger partial charge < -0.3 is 0 Å². The first-order valence-corrected chi connectivity index (χ1v) is 8.43. The maximum Gasteiger partial charge on any atom is 0.237 e. The number of imide groups is 1. The van der Waals surface area contributed by atoms with E-state index in [4.69, 9.17) is 0 Å². The van der Waals surface area contributed by atoms with E-state index in [1.54, 1.807) is 0 Å². The zero-order chi connectivity index (χ0) is 16.6. The molecule has 23 heavy (non-hydrogen) atoms. The molecule has 3 rings (SSSR count). The third-order valence-electron chi connectivity index (χ3n) is 4.10. The van der Waals surface area contributed by atoms with Gasteiger partial charge in [-0.3, -0.25) is 14.5 Å². The highest BCUT2D eigenvalue weighted by atomic mass is 79.9. The van der Waals surface area contributed by atoms with Gasteiger partial charge in [-0.1, -0.05) is 34.1 Å². The first kappa shape index (κ1) is 15.9. The van der Waals surface area contributed by atoms with Gasteiger partial charge in [-0.25, -0.2) is 0 Å². The molecule has 2 amide bonds. The minimum absolute atomic E-state index is 0.0945. The van der Waals surface area contributed by atoms with Crippen molar-refractivity contribution in [3.63, 3.8) is 0 Å². The highest BCUT2D eigenvalue weighted by molar-refractivity contribution is 9.10. The molecule has 0 saturated carbocycles. The number of hydrogen-bond acceptors (Lipinski definition) is 2. The maximum absolute atomic E-state index is 12.7. The second-order valence-electron chi connectivity index (χ2n) is 6.14. The van der Waals surface area contributed by atoms with Crippen LogP contribution in [0, 0.1) is 19.8 Å². The van der Waals surface area contributed by atoms with Crippen molar-refractivity contribution < 1.29 is 9.59 Å². The minimum atomic E-state index is -0.274. The van der Waals surface area contributed by atoms with Gasteiger partial charge in [0.15, 0.2) is 0 Å². The van der Waals surface area contributed by atoms with Crippen molar-refractivity contribution in [2.45, 2.75) is 26.7 Å². The van der Waals surface area contributed by atoms with E-state index in [0.29, 0.717) is 12.1 Å². The molecule has 1 aliphatic rings. The van der Waals surface area contributed by atoms with Crippen LogP contribution < -0.4 is 4.90 Å². The quantitative estimate of drug-likeness (QED) is 0.758. The van der Waals surface area contributed by atoms with Gasteiger partial charge in [-0.15, -0.1) is 0 Å². The minimum Gasteiger partial charge on any atom is -0.274 e. The summed E-state index contributed by atoms with van der Waals surface area (Å²) in [6, 6.07) is 13.7. The number of benzene rings is 2. The summed E-state index contributed by atoms with van der Waals surface area (Å²) in [5, 5.41) is 0. The van der Waals surface area contributed by atoms with Gasteiger partial charge in [0.05, 0.1) is 11.6 Å². The Hall–Kier alpha value is -1.94. The Morgan fingerprint density at radius 1 is 1.04 bits per heavy atom. The Morgan fingerprint density at radius 2 is 1.65 bits per heavy atom. The molecule has 3 nitrogen and oxygen atoms in total. The molecule has 2 aromatic rings. The molecule has 1 fully saturated rings. The van der Waals surface area contributed by atoms with Crippen LogP contribution in [-0.2, 0) is 16.0 Å². The smallest absolute Gasteiger partial charge is 0.237 e. The predicted molar refractivity (Wildman–Crippen MR) is 94.4 cm³/mol. The SMILES string of the molecule is Cc1cc(C)cc(N2C(=O)C[C@H](Cc3ccc(Br)cc3)C2=O)c1. The fraction of sp³-hybridized carbons (Fsp3) is 0.263. The fourth-order valence-corrected chi connectivity index (χ4v) is 3.37. The highest BCUT2D eigenvalue weighted by Gasteiger charge is 2.39. The first-order valence-electron chi connectivity index (χ1n) is 7.63. The Kier molecular flexibility index (Phi) is 4.35. The molecule has 1 heterocycles. The van der Waals surface area contributed by atoms with E-state index in [2.05, 4.69) is 15.9 Å². The van der Waals surface area contributed by atoms with Crippen LogP contribution in [-0.4, -0.2) is 11.8 Å². The molecule has 1 atom stereocenters. The monoisotopic (exact) mass is 371 g/mol. The number of anilines is 1. The van der Waals surface area contributed by atoms with Crippen LogP contribution in [0.2, 0.25) is 0 Å². The molecule has 2 aromatic carbocycles. The summed E-state index contributed by atoms with van der Waals surface area (Å²) in [6.07, 6.45) is 0.876. The summed E-state index contributed by atoms with van der Waals surface area (Å²) in [6.45, 7) is 3.95. The summed E-state index contributed by atoms with van der Waals surface area (Å²) in [7, 11) is 0. The third-order valence-corrected chi connectivity index (χ3v) is 4.63. The average Bonchev–Trinajstić information content (AvgIpc) is 2.75. The lowest BCUT2D eigenvalue weighted by Gasteiger charge is -2.16. The second-order valence-corrected chi connectivity index (χ2v) is 7.06. The van der Waals surface area contributed by atoms with E-state index in [-0.39, 0.29) is 24.2 Å². The first-order chi connectivity index (χ1) is 10.9. The van der Waals surface area contributed by atoms with E-state index >= 15 is 0 Å². The predicted octanol–water partition coefficient (Wildman–Crippen LogP) is 4.19. The zero-order valence-electron chi connectivity index (χ0n) is 13.2. The molecule has 0 N–H and O–H groups in total. The molecule has 0 aromatic heterocycles. The van der Waals surface area contributed by atoms with Crippen LogP contribution in [0.15, 0.2) is 46.9 Å². The van der Waals surface area contributed by atoms with Crippen molar-refractivity contribution in [2.75, 3.05) is 4.90 Å². The van der Waals surface area contributed by atoms with E-state index in [1.165, 1.54) is 4.90 Å². The summed E-state index contributed by atoms with van der Waals surface area (Å²) >= 11 is 3.40. The molecule has 4 heteroatoms. The van der Waals surface area contributed by atoms with Crippen LogP contribution in [0.25, 0.3) is 0 Å². The van der Waals surface area contributed by atoms with Gasteiger partial charge in [-0.05, 0) is 61.2 Å². The van der Waals surface area contributed by atoms with Crippen molar-refractivity contribution in [2.24, 2.45) is 5.92 Å². The van der Waals surface area contributed by atoms with Crippen LogP contribution in [0.4, 0.5) is 5.69 Å². The summed E-state index contributed by atoms with van der Waals surface area (Å²) < 4.78 is 1.01. The number of carbonyl (C=O) groups is 2. The molecular weight excluding hydrogens is 354 g/mol. The second kappa shape index (κ2) is 6.28. The van der Waals surface area contributed by atoms with Gasteiger partial charge in [0, 0.05) is 10.9 Å². The van der Waals surface area contributed by atoms with E-state index < -0.39 is 0 Å². The van der Waals surface area contributed by atoms with Gasteiger partial charge in [0.25, 0.3) is 0 Å². The van der Waals surface area contributed by atoms with Crippen molar-refractivity contribution in [3.05, 3.63) is 63.6 Å². The summed E-state index contributed by atoms with van der Waals surface area (Å²) in [4.78, 5) is 26.4. The Labute approximate surface area is 144 Å². The molecular formula is C19H18BrNO2. The van der Waals surface area contributed by atoms with Gasteiger partial charge in [0.2, 0.25) is 11.8 Å². The van der Waals surface area contributed by atoms with Crippen LogP contribution in [0.3, 0.4) is 0 Å². The van der Waals surface area contributed by atoms with Crippen molar-refractivity contribution in [3.8, 4) is 0 Å². The molecule has 0 aliphatic carbocycles. The molecule has 0 bridgehead atoms. The van der Waals surface area contributed by atoms with Gasteiger partial charge >= 0.3 is 0 Å². The summed E-state index contributed by atoms with van der Waals surface area (Å²) in [5.41, 5.74) is 3.87. The Morgan fingerprint density at radius 3 is 2.26 bits per heavy atom. The molecule has 1 saturated heterocycles. The normalized spacial score (nSPS) is 17.9. The van der Waals surface area contributed by atoms with Crippen molar-refractivity contribution in [1.82, 2.24) is 0 Å². The van der Waals surface area contributed by atoms with Crippen LogP contribution >= 0.6 is 15.9 Å². The number of carbonyl (C=O) groups excluding carboxylic acids is 2. The number of nitrogens with zero attached hydrogens (tertiary/aromatic N) is 1. The van der Waals surface area contributed by atoms with Crippen LogP contribution in [0.1, 0.15) is 23.1 Å². The zero-order valence-corrected chi connectivity index (χ0v) is 14.8. The molecule has 0 unspecified atom stereocenters. The highest BCUT2D eigenvalue weighted by Crippen LogP contribution is 2.30. The largest absolute Gasteiger partial charge is 0.274 e. The number of hydrogen-bond donors (Lipinski definition) is 0. The summed E-state index contributed by atoms with van der Waals surface area (Å²) in [5.74, 6) is -0.477. The lowest BCUT2D eigenvalue weighted by Crippen LogP contribution is -2.31. The molecule has 0 spiro atoms. The van der Waals surface area contributed by atoms with E-state index in [9.17, 15) is 9.59 Å². The number of aryl methyl sites for hydroxylation is 2. The lowest BCUT2D eigenvalue weighted by atomic mass is 9.98. The third kappa shape index (κ3) is 3.37. The van der Waals surface area contributed by atoms with Crippen LogP contribution in [0.5, 0.6) is 0 Å². The molecule has 0 radical (unpaired) electrons. The number of amides is 2. The lowest BCUT2D eigenvalue weighted by molar-refractivity contribution is -0.122. The number of halogens is 1. The Bertz CT molecular complexity index is 747. The Balaban J connectivity index is 1.83. The topological polar surface area (TPSA) is 37.4 Å². The standard InChI is InChI=1S/C19H18BrNO2/c1-12-7-13(2)9-17(8-12)21-18(22)11-15(19(21)23)10-14-3-5-16(20)6-4-14/h3-9,15H,10-11H2,1-2H3/t15-/m0/s1. The van der Waals surface area contributed by atoms with Gasteiger partial charge in [0.1, 0.15) is 0 Å². The molecule has 118 valence electrons. The van der Waals surface area contributed by atoms with Crippen molar-refractivity contribution in [1.29, 1.82) is 0 Å². The van der Waals surface area contributed by atoms with E-state index in [0.717, 1.165) is 21.2 Å². The maximum atomic E-state index is 12.7.